The second-order valence-corrected chi connectivity index (χ2v) is 8.51. The monoisotopic (exact) mass is 356 g/mol. The Morgan fingerprint density at radius 2 is 1.96 bits per heavy atom. The van der Waals surface area contributed by atoms with Gasteiger partial charge in [-0.25, -0.2) is 0 Å². The number of phenols is 1. The van der Waals surface area contributed by atoms with Crippen LogP contribution in [-0.4, -0.2) is 52.9 Å². The minimum Gasteiger partial charge on any atom is -0.508 e. The van der Waals surface area contributed by atoms with Gasteiger partial charge in [0, 0.05) is 38.2 Å². The first-order chi connectivity index (χ1) is 12.5. The lowest BCUT2D eigenvalue weighted by Gasteiger charge is -2.47. The number of amides is 2. The van der Waals surface area contributed by atoms with Gasteiger partial charge in [0.25, 0.3) is 5.91 Å². The van der Waals surface area contributed by atoms with Crippen LogP contribution in [0.3, 0.4) is 0 Å². The summed E-state index contributed by atoms with van der Waals surface area (Å²) in [5, 5.41) is 9.87. The van der Waals surface area contributed by atoms with E-state index in [1.54, 1.807) is 18.2 Å². The van der Waals surface area contributed by atoms with Crippen molar-refractivity contribution in [3.8, 4) is 5.75 Å². The first-order valence-electron chi connectivity index (χ1n) is 9.82. The van der Waals surface area contributed by atoms with E-state index in [-0.39, 0.29) is 17.1 Å². The molecule has 1 saturated carbocycles. The molecule has 1 aromatic carbocycles. The molecule has 1 spiro atoms. The molecule has 3 fully saturated rings. The summed E-state index contributed by atoms with van der Waals surface area (Å²) < 4.78 is 0. The first kappa shape index (κ1) is 17.4. The van der Waals surface area contributed by atoms with Crippen LogP contribution in [0.4, 0.5) is 0 Å². The second kappa shape index (κ2) is 6.60. The molecule has 4 rings (SSSR count). The topological polar surface area (TPSA) is 60.9 Å². The van der Waals surface area contributed by atoms with Crippen molar-refractivity contribution in [2.75, 3.05) is 26.2 Å². The zero-order valence-corrected chi connectivity index (χ0v) is 15.5. The van der Waals surface area contributed by atoms with E-state index in [1.807, 2.05) is 11.8 Å². The molecule has 26 heavy (non-hydrogen) atoms. The molecule has 0 radical (unpaired) electrons. The van der Waals surface area contributed by atoms with Crippen molar-refractivity contribution in [3.05, 3.63) is 29.3 Å². The van der Waals surface area contributed by atoms with Gasteiger partial charge >= 0.3 is 0 Å². The predicted molar refractivity (Wildman–Crippen MR) is 99.0 cm³/mol. The number of aryl methyl sites for hydroxylation is 1. The van der Waals surface area contributed by atoms with Crippen molar-refractivity contribution in [2.45, 2.75) is 45.4 Å². The summed E-state index contributed by atoms with van der Waals surface area (Å²) in [5.74, 6) is 1.21. The molecule has 2 heterocycles. The average molecular weight is 356 g/mol. The van der Waals surface area contributed by atoms with Crippen LogP contribution in [-0.2, 0) is 4.79 Å². The molecule has 1 aliphatic carbocycles. The Kier molecular flexibility index (Phi) is 4.41. The Hall–Kier alpha value is -2.04. The molecule has 5 heteroatoms. The highest BCUT2D eigenvalue weighted by Gasteiger charge is 2.42. The third-order valence-electron chi connectivity index (χ3n) is 6.49. The van der Waals surface area contributed by atoms with Crippen LogP contribution < -0.4 is 0 Å². The number of hydrogen-bond donors (Lipinski definition) is 1. The van der Waals surface area contributed by atoms with Gasteiger partial charge in [-0.15, -0.1) is 0 Å². The van der Waals surface area contributed by atoms with E-state index in [0.717, 1.165) is 56.9 Å². The lowest BCUT2D eigenvalue weighted by Crippen LogP contribution is -2.52. The maximum absolute atomic E-state index is 12.8. The number of hydrogen-bond acceptors (Lipinski definition) is 3. The van der Waals surface area contributed by atoms with E-state index in [1.165, 1.54) is 12.8 Å². The smallest absolute Gasteiger partial charge is 0.253 e. The molecule has 0 aromatic heterocycles. The normalized spacial score (nSPS) is 22.7. The molecule has 2 saturated heterocycles. The van der Waals surface area contributed by atoms with Crippen molar-refractivity contribution >= 4 is 11.8 Å². The molecule has 0 unspecified atom stereocenters. The molecule has 140 valence electrons. The van der Waals surface area contributed by atoms with Gasteiger partial charge in [-0.3, -0.25) is 9.59 Å². The fourth-order valence-corrected chi connectivity index (χ4v) is 4.40. The van der Waals surface area contributed by atoms with Crippen LogP contribution in [0.2, 0.25) is 0 Å². The van der Waals surface area contributed by atoms with E-state index in [4.69, 9.17) is 0 Å². The third kappa shape index (κ3) is 3.44. The summed E-state index contributed by atoms with van der Waals surface area (Å²) in [7, 11) is 0. The fraction of sp³-hybridized carbons (Fsp3) is 0.619. The van der Waals surface area contributed by atoms with Gasteiger partial charge in [0.15, 0.2) is 0 Å². The zero-order chi connectivity index (χ0) is 18.3. The van der Waals surface area contributed by atoms with Gasteiger partial charge in [-0.05, 0) is 68.1 Å². The first-order valence-corrected chi connectivity index (χ1v) is 9.82. The lowest BCUT2D eigenvalue weighted by molar-refractivity contribution is -0.139. The largest absolute Gasteiger partial charge is 0.508 e. The maximum atomic E-state index is 12.8. The number of rotatable bonds is 3. The average Bonchev–Trinajstić information content (AvgIpc) is 3.45. The Labute approximate surface area is 155 Å². The molecule has 3 aliphatic rings. The van der Waals surface area contributed by atoms with Crippen LogP contribution >= 0.6 is 0 Å². The second-order valence-electron chi connectivity index (χ2n) is 8.51. The van der Waals surface area contributed by atoms with E-state index < -0.39 is 0 Å². The Morgan fingerprint density at radius 3 is 2.62 bits per heavy atom. The number of piperidine rings is 2. The van der Waals surface area contributed by atoms with Gasteiger partial charge in [-0.2, -0.15) is 0 Å². The number of carbonyl (C=O) groups is 2. The summed E-state index contributed by atoms with van der Waals surface area (Å²) >= 11 is 0. The zero-order valence-electron chi connectivity index (χ0n) is 15.5. The van der Waals surface area contributed by atoms with Crippen LogP contribution in [0.15, 0.2) is 18.2 Å². The number of nitrogens with zero attached hydrogens (tertiary/aromatic N) is 2. The number of aromatic hydroxyl groups is 1. The van der Waals surface area contributed by atoms with Crippen LogP contribution in [0.5, 0.6) is 5.75 Å². The van der Waals surface area contributed by atoms with E-state index in [9.17, 15) is 14.7 Å². The predicted octanol–water partition coefficient (Wildman–Crippen LogP) is 2.96. The SMILES string of the molecule is Cc1ccc(C(=O)N2CCC3(CCC(=O)N(CC4CC4)C3)CC2)cc1O. The molecule has 0 atom stereocenters. The number of likely N-dealkylation sites (tertiary alicyclic amines) is 2. The molecular weight excluding hydrogens is 328 g/mol. The van der Waals surface area contributed by atoms with E-state index in [2.05, 4.69) is 4.90 Å². The Balaban J connectivity index is 1.39. The van der Waals surface area contributed by atoms with E-state index >= 15 is 0 Å². The number of carbonyl (C=O) groups excluding carboxylic acids is 2. The van der Waals surface area contributed by atoms with Gasteiger partial charge in [0.1, 0.15) is 5.75 Å². The van der Waals surface area contributed by atoms with Crippen molar-refractivity contribution < 1.29 is 14.7 Å². The summed E-state index contributed by atoms with van der Waals surface area (Å²) in [6.07, 6.45) is 6.08. The van der Waals surface area contributed by atoms with Crippen molar-refractivity contribution in [3.63, 3.8) is 0 Å². The number of benzene rings is 1. The van der Waals surface area contributed by atoms with Crippen molar-refractivity contribution in [1.82, 2.24) is 9.80 Å². The van der Waals surface area contributed by atoms with Crippen LogP contribution in [0.1, 0.15) is 54.4 Å². The fourth-order valence-electron chi connectivity index (χ4n) is 4.40. The molecule has 2 amide bonds. The Bertz CT molecular complexity index is 718. The highest BCUT2D eigenvalue weighted by atomic mass is 16.3. The van der Waals surface area contributed by atoms with Crippen molar-refractivity contribution in [2.24, 2.45) is 11.3 Å². The molecule has 0 bridgehead atoms. The molecule has 1 N–H and O–H groups in total. The highest BCUT2D eigenvalue weighted by Crippen LogP contribution is 2.42. The van der Waals surface area contributed by atoms with Gasteiger partial charge < -0.3 is 14.9 Å². The standard InChI is InChI=1S/C21H28N2O3/c1-15-2-5-17(12-18(15)24)20(26)22-10-8-21(9-11-22)7-6-19(25)23(14-21)13-16-3-4-16/h2,5,12,16,24H,3-4,6-11,13-14H2,1H3. The molecule has 5 nitrogen and oxygen atoms in total. The maximum Gasteiger partial charge on any atom is 0.253 e. The summed E-state index contributed by atoms with van der Waals surface area (Å²) in [4.78, 5) is 29.0. The van der Waals surface area contributed by atoms with Crippen LogP contribution in [0.25, 0.3) is 0 Å². The van der Waals surface area contributed by atoms with Crippen LogP contribution in [0, 0.1) is 18.3 Å². The summed E-state index contributed by atoms with van der Waals surface area (Å²) in [6, 6.07) is 5.15. The third-order valence-corrected chi connectivity index (χ3v) is 6.49. The molecule has 2 aliphatic heterocycles. The Morgan fingerprint density at radius 1 is 1.23 bits per heavy atom. The molecular formula is C21H28N2O3. The van der Waals surface area contributed by atoms with Gasteiger partial charge in [-0.1, -0.05) is 6.07 Å². The quantitative estimate of drug-likeness (QED) is 0.906. The summed E-state index contributed by atoms with van der Waals surface area (Å²) in [5.41, 5.74) is 1.52. The minimum atomic E-state index is -0.00290. The minimum absolute atomic E-state index is 0.00290. The van der Waals surface area contributed by atoms with Crippen molar-refractivity contribution in [1.29, 1.82) is 0 Å². The van der Waals surface area contributed by atoms with Gasteiger partial charge in [0.2, 0.25) is 5.91 Å². The number of phenolic OH excluding ortho intramolecular Hbond substituents is 1. The highest BCUT2D eigenvalue weighted by molar-refractivity contribution is 5.94. The summed E-state index contributed by atoms with van der Waals surface area (Å²) in [6.45, 7) is 5.10. The lowest BCUT2D eigenvalue weighted by atomic mass is 9.72. The van der Waals surface area contributed by atoms with Gasteiger partial charge in [0.05, 0.1) is 0 Å². The van der Waals surface area contributed by atoms with E-state index in [0.29, 0.717) is 17.9 Å². The molecule has 1 aromatic rings.